The van der Waals surface area contributed by atoms with Gasteiger partial charge in [0.15, 0.2) is 0 Å². The molecule has 4 unspecified atom stereocenters. The zero-order valence-corrected chi connectivity index (χ0v) is 8.74. The molecule has 4 heteroatoms. The predicted molar refractivity (Wildman–Crippen MR) is 54.6 cm³/mol. The Morgan fingerprint density at radius 3 is 1.50 bits per heavy atom. The van der Waals surface area contributed by atoms with Gasteiger partial charge in [-0.1, -0.05) is 12.2 Å². The molecule has 4 nitrogen and oxygen atoms in total. The first kappa shape index (κ1) is 9.87. The summed E-state index contributed by atoms with van der Waals surface area (Å²) < 4.78 is 0. The Morgan fingerprint density at radius 1 is 0.875 bits per heavy atom. The van der Waals surface area contributed by atoms with E-state index < -0.39 is 23.8 Å². The Labute approximate surface area is 93.0 Å². The minimum atomic E-state index is -0.947. The van der Waals surface area contributed by atoms with Gasteiger partial charge in [0.25, 0.3) is 0 Å². The average Bonchev–Trinajstić information content (AvgIpc) is 2.15. The molecule has 0 aromatic carbocycles. The molecule has 0 aromatic rings. The third-order valence-corrected chi connectivity index (χ3v) is 4.71. The molecule has 4 aliphatic carbocycles. The fraction of sp³-hybridized carbons (Fsp3) is 0.667. The van der Waals surface area contributed by atoms with Crippen LogP contribution < -0.4 is 0 Å². The van der Waals surface area contributed by atoms with Gasteiger partial charge in [-0.25, -0.2) is 0 Å². The summed E-state index contributed by atoms with van der Waals surface area (Å²) in [5.74, 6) is -2.58. The molecule has 4 aliphatic rings. The van der Waals surface area contributed by atoms with Crippen LogP contribution in [-0.4, -0.2) is 22.2 Å². The molecule has 0 radical (unpaired) electrons. The van der Waals surface area contributed by atoms with Crippen LogP contribution in [0.1, 0.15) is 12.8 Å². The molecular formula is C12H14O4. The van der Waals surface area contributed by atoms with Gasteiger partial charge < -0.3 is 10.2 Å². The lowest BCUT2D eigenvalue weighted by atomic mass is 9.46. The molecule has 0 aromatic heterocycles. The van der Waals surface area contributed by atoms with Crippen molar-refractivity contribution in [2.24, 2.45) is 35.5 Å². The highest BCUT2D eigenvalue weighted by Gasteiger charge is 2.59. The van der Waals surface area contributed by atoms with Crippen LogP contribution in [-0.2, 0) is 9.59 Å². The highest BCUT2D eigenvalue weighted by atomic mass is 16.4. The van der Waals surface area contributed by atoms with Crippen LogP contribution in [0.2, 0.25) is 0 Å². The molecule has 2 N–H and O–H groups in total. The molecule has 6 atom stereocenters. The summed E-state index contributed by atoms with van der Waals surface area (Å²) in [5, 5.41) is 18.4. The highest BCUT2D eigenvalue weighted by molar-refractivity contribution is 5.82. The van der Waals surface area contributed by atoms with Crippen LogP contribution in [0.25, 0.3) is 0 Å². The third-order valence-electron chi connectivity index (χ3n) is 4.71. The molecule has 4 rings (SSSR count). The Kier molecular flexibility index (Phi) is 1.91. The van der Waals surface area contributed by atoms with Crippen LogP contribution in [0, 0.1) is 35.5 Å². The van der Waals surface area contributed by atoms with Gasteiger partial charge in [-0.3, -0.25) is 9.59 Å². The number of fused-ring (bicyclic) bond motifs is 1. The summed E-state index contributed by atoms with van der Waals surface area (Å²) >= 11 is 0. The summed E-state index contributed by atoms with van der Waals surface area (Å²) in [6, 6.07) is 0. The quantitative estimate of drug-likeness (QED) is 0.689. The minimum absolute atomic E-state index is 0.0534. The number of carboxylic acid groups (broad SMARTS) is 2. The molecule has 0 aliphatic heterocycles. The van der Waals surface area contributed by atoms with Gasteiger partial charge >= 0.3 is 11.9 Å². The first-order chi connectivity index (χ1) is 7.61. The van der Waals surface area contributed by atoms with E-state index in [0.717, 1.165) is 12.8 Å². The van der Waals surface area contributed by atoms with E-state index in [1.807, 2.05) is 12.2 Å². The van der Waals surface area contributed by atoms with Gasteiger partial charge in [0, 0.05) is 0 Å². The summed E-state index contributed by atoms with van der Waals surface area (Å²) in [7, 11) is 0. The minimum Gasteiger partial charge on any atom is -0.481 e. The maximum absolute atomic E-state index is 11.2. The molecule has 2 bridgehead atoms. The van der Waals surface area contributed by atoms with Crippen LogP contribution in [0.3, 0.4) is 0 Å². The number of carboxylic acids is 2. The summed E-state index contributed by atoms with van der Waals surface area (Å²) in [6.07, 6.45) is 6.02. The Hall–Kier alpha value is -1.32. The molecule has 0 heterocycles. The number of aliphatic carboxylic acids is 2. The second kappa shape index (κ2) is 3.09. The van der Waals surface area contributed by atoms with Crippen LogP contribution in [0.4, 0.5) is 0 Å². The van der Waals surface area contributed by atoms with E-state index in [4.69, 9.17) is 0 Å². The molecule has 0 saturated heterocycles. The molecule has 0 amide bonds. The van der Waals surface area contributed by atoms with Crippen LogP contribution in [0.5, 0.6) is 0 Å². The van der Waals surface area contributed by atoms with Gasteiger partial charge in [-0.2, -0.15) is 0 Å². The lowest BCUT2D eigenvalue weighted by Gasteiger charge is -2.56. The van der Waals surface area contributed by atoms with Crippen molar-refractivity contribution < 1.29 is 19.8 Å². The van der Waals surface area contributed by atoms with Crippen molar-refractivity contribution in [1.29, 1.82) is 0 Å². The van der Waals surface area contributed by atoms with Crippen molar-refractivity contribution in [2.45, 2.75) is 12.8 Å². The van der Waals surface area contributed by atoms with Crippen LogP contribution >= 0.6 is 0 Å². The summed E-state index contributed by atoms with van der Waals surface area (Å²) in [6.45, 7) is 0. The molecular weight excluding hydrogens is 208 g/mol. The average molecular weight is 222 g/mol. The van der Waals surface area contributed by atoms with Crippen molar-refractivity contribution in [3.05, 3.63) is 12.2 Å². The number of hydrogen-bond donors (Lipinski definition) is 2. The van der Waals surface area contributed by atoms with Gasteiger partial charge in [0.05, 0.1) is 11.8 Å². The maximum atomic E-state index is 11.2. The standard InChI is InChI=1S/C12H14O4/c13-11(14)9-7-3-4-8(10(9)12(15)16)6-2-1-5(6)7/h3-10H,1-2H2,(H,13,14)(H,15,16)/t5?,6?,7?,8?,9-,10+. The fourth-order valence-corrected chi connectivity index (χ4v) is 3.94. The normalized spacial score (nSPS) is 48.2. The molecule has 2 saturated carbocycles. The lowest BCUT2D eigenvalue weighted by Crippen LogP contribution is -2.56. The number of carbonyl (C=O) groups is 2. The van der Waals surface area contributed by atoms with Gasteiger partial charge in [-0.15, -0.1) is 0 Å². The van der Waals surface area contributed by atoms with Crippen molar-refractivity contribution in [2.75, 3.05) is 0 Å². The zero-order chi connectivity index (χ0) is 11.4. The first-order valence-corrected chi connectivity index (χ1v) is 5.75. The van der Waals surface area contributed by atoms with Gasteiger partial charge in [0.1, 0.15) is 0 Å². The molecule has 86 valence electrons. The van der Waals surface area contributed by atoms with Gasteiger partial charge in [0.2, 0.25) is 0 Å². The lowest BCUT2D eigenvalue weighted by molar-refractivity contribution is -0.170. The van der Waals surface area contributed by atoms with E-state index in [9.17, 15) is 19.8 Å². The zero-order valence-electron chi connectivity index (χ0n) is 8.74. The summed E-state index contributed by atoms with van der Waals surface area (Å²) in [5.41, 5.74) is 0. The third kappa shape index (κ3) is 1.05. The monoisotopic (exact) mass is 222 g/mol. The van der Waals surface area contributed by atoms with Crippen molar-refractivity contribution in [1.82, 2.24) is 0 Å². The fourth-order valence-electron chi connectivity index (χ4n) is 3.94. The molecule has 2 fully saturated rings. The van der Waals surface area contributed by atoms with Crippen molar-refractivity contribution >= 4 is 11.9 Å². The van der Waals surface area contributed by atoms with Gasteiger partial charge in [-0.05, 0) is 36.5 Å². The second-order valence-electron chi connectivity index (χ2n) is 5.17. The summed E-state index contributed by atoms with van der Waals surface area (Å²) in [4.78, 5) is 22.5. The topological polar surface area (TPSA) is 74.6 Å². The van der Waals surface area contributed by atoms with Crippen molar-refractivity contribution in [3.63, 3.8) is 0 Å². The highest BCUT2D eigenvalue weighted by Crippen LogP contribution is 2.59. The first-order valence-electron chi connectivity index (χ1n) is 5.75. The van der Waals surface area contributed by atoms with E-state index in [1.165, 1.54) is 0 Å². The van der Waals surface area contributed by atoms with E-state index in [1.54, 1.807) is 0 Å². The smallest absolute Gasteiger partial charge is 0.308 e. The van der Waals surface area contributed by atoms with E-state index in [-0.39, 0.29) is 11.8 Å². The maximum Gasteiger partial charge on any atom is 0.308 e. The number of allylic oxidation sites excluding steroid dienone is 2. The Bertz CT molecular complexity index is 350. The Balaban J connectivity index is 2.02. The SMILES string of the molecule is O=C(O)[C@@H]1C2C=CC(C3CCC32)[C@@H]1C(=O)O. The van der Waals surface area contributed by atoms with Crippen LogP contribution in [0.15, 0.2) is 12.2 Å². The van der Waals surface area contributed by atoms with E-state index in [2.05, 4.69) is 0 Å². The number of rotatable bonds is 2. The Morgan fingerprint density at radius 2 is 1.25 bits per heavy atom. The van der Waals surface area contributed by atoms with E-state index in [0.29, 0.717) is 11.8 Å². The van der Waals surface area contributed by atoms with Crippen molar-refractivity contribution in [3.8, 4) is 0 Å². The number of hydrogen-bond acceptors (Lipinski definition) is 2. The predicted octanol–water partition coefficient (Wildman–Crippen LogP) is 1.23. The molecule has 0 spiro atoms. The largest absolute Gasteiger partial charge is 0.481 e. The van der Waals surface area contributed by atoms with E-state index >= 15 is 0 Å². The second-order valence-corrected chi connectivity index (χ2v) is 5.17. The molecule has 16 heavy (non-hydrogen) atoms.